The Kier molecular flexibility index (Phi) is 49.0. The SMILES string of the molecule is CC(C)c1nc(N(C)S(C)(=O)=O)nc(-c2ccc(F)cc2)c1/C=C/[C@@H](O)C[C@@H](O)CC(=O)[O-].CCCOC(=O)C[C@H](O)C[C@H](O)/C=C/c1c(-c2ccc(F)cc2)nc(N(C)S(C)(=O)=O)nc1C(C)C.CC[C@H](O)C[C@H](O)/C=C/c1c(-c2ccc(F)cc2)nc(N(C)S(C)(=O)=O)nc1C(C)C.[Ca+2].[Cl-].[Cl-].[Na+].[Na+].[OH-]. The first-order valence-electron chi connectivity index (χ1n) is 31.9. The third kappa shape index (κ3) is 34.1. The number of aliphatic hydroxyl groups is 6. The number of carbonyl (C=O) groups excluding carboxylic acids is 2. The average molecular weight is 1630 g/mol. The summed E-state index contributed by atoms with van der Waals surface area (Å²) >= 11 is 0. The molecule has 3 aromatic heterocycles. The van der Waals surface area contributed by atoms with E-state index in [0.29, 0.717) is 80.4 Å². The Balaban J connectivity index is -0.00000146. The molecule has 3 aromatic carbocycles. The van der Waals surface area contributed by atoms with E-state index in [1.807, 2.05) is 55.4 Å². The molecule has 7 N–H and O–H groups in total. The van der Waals surface area contributed by atoms with Gasteiger partial charge in [-0.2, -0.15) is 0 Å². The molecule has 0 spiro atoms. The Morgan fingerprint density at radius 1 is 0.481 bits per heavy atom. The largest absolute Gasteiger partial charge is 2.00 e. The first-order valence-corrected chi connectivity index (χ1v) is 37.4. The summed E-state index contributed by atoms with van der Waals surface area (Å²) in [5.41, 5.74) is 5.84. The van der Waals surface area contributed by atoms with Crippen molar-refractivity contribution in [3.63, 3.8) is 0 Å². The van der Waals surface area contributed by atoms with Crippen molar-refractivity contribution in [3.05, 3.63) is 142 Å². The van der Waals surface area contributed by atoms with Crippen molar-refractivity contribution in [1.29, 1.82) is 0 Å². The smallest absolute Gasteiger partial charge is 1.00 e. The number of hydrogen-bond donors (Lipinski definition) is 6. The molecule has 572 valence electrons. The van der Waals surface area contributed by atoms with Crippen LogP contribution < -0.4 is 102 Å². The number of sulfonamides is 3. The van der Waals surface area contributed by atoms with Gasteiger partial charge < -0.3 is 75.6 Å². The Morgan fingerprint density at radius 3 is 0.962 bits per heavy atom. The number of benzene rings is 3. The number of aromatic nitrogens is 6. The summed E-state index contributed by atoms with van der Waals surface area (Å²) in [6, 6.07) is 16.7. The molecule has 6 atom stereocenters. The molecule has 6 aromatic rings. The van der Waals surface area contributed by atoms with E-state index in [0.717, 1.165) is 31.7 Å². The summed E-state index contributed by atoms with van der Waals surface area (Å²) in [7, 11) is -6.87. The van der Waals surface area contributed by atoms with Gasteiger partial charge in [0.2, 0.25) is 47.9 Å². The van der Waals surface area contributed by atoms with E-state index < -0.39 is 103 Å². The number of halogens is 5. The van der Waals surface area contributed by atoms with Crippen LogP contribution in [0.15, 0.2) is 91.0 Å². The van der Waals surface area contributed by atoms with Crippen molar-refractivity contribution in [2.24, 2.45) is 0 Å². The number of rotatable bonds is 31. The van der Waals surface area contributed by atoms with E-state index in [-0.39, 0.29) is 195 Å². The first-order chi connectivity index (χ1) is 46.6. The van der Waals surface area contributed by atoms with Gasteiger partial charge in [0.25, 0.3) is 0 Å². The standard InChI is InChI=1S/C25H34FN3O6S.C22H28FN3O6S.C22H30FN3O4S.Ca.2ClH.2Na.H2O/c1-6-13-35-22(32)15-20(31)14-19(30)11-12-21-23(16(2)3)27-25(29(4)36(5,33)34)28-24(21)17-7-9-18(26)10-8-17;1-13(2)20-18(10-9-16(27)11-17(28)12-19(29)30)21(14-5-7-15(23)8-6-14)25-22(24-20)26(3)33(4,31)32;1-6-17(27)13-18(28)11-12-19-20(14(2)3)24-22(26(4)31(5,29)30)25-21(19)15-7-9-16(23)10-8-15;;;;;;/h7-12,16,19-20,30-31H,6,13-15H2,1-5H3;5-10,13,16-17,27-28H,11-12H2,1-4H3,(H,29,30);7-12,14,17-18,27-28H,6,13H2,1-5H3;;2*1H;;;1H2/q;;;+2;;;2*+1;/p-4/b12-11+;10-9+;12-11+;;;;;;/t19-,20-;16-,17-;17-,18+;;;;;;/m110....../s1. The van der Waals surface area contributed by atoms with Gasteiger partial charge in [0.15, 0.2) is 0 Å². The van der Waals surface area contributed by atoms with Crippen LogP contribution in [0.1, 0.15) is 152 Å². The summed E-state index contributed by atoms with van der Waals surface area (Å²) in [5.74, 6) is -3.81. The second kappa shape index (κ2) is 49.1. The molecule has 106 heavy (non-hydrogen) atoms. The number of nitrogens with zero attached hydrogens (tertiary/aromatic N) is 9. The van der Waals surface area contributed by atoms with Gasteiger partial charge >= 0.3 is 103 Å². The fraction of sp³-hybridized carbons (Fsp3) is 0.449. The predicted molar refractivity (Wildman–Crippen MR) is 385 cm³/mol. The molecule has 37 heteroatoms. The van der Waals surface area contributed by atoms with Crippen LogP contribution in [0.2, 0.25) is 0 Å². The Bertz CT molecular complexity index is 4190. The Labute approximate surface area is 706 Å². The molecule has 0 fully saturated rings. The quantitative estimate of drug-likeness (QED) is 0.0176. The first kappa shape index (κ1) is 106. The van der Waals surface area contributed by atoms with Crippen LogP contribution in [0.4, 0.5) is 31.0 Å². The maximum atomic E-state index is 13.6. The summed E-state index contributed by atoms with van der Waals surface area (Å²) in [5, 5.41) is 71.2. The monoisotopic (exact) mass is 1630 g/mol. The minimum absolute atomic E-state index is 0. The van der Waals surface area contributed by atoms with Crippen molar-refractivity contribution in [1.82, 2.24) is 29.9 Å². The molecule has 0 aliphatic rings. The summed E-state index contributed by atoms with van der Waals surface area (Å²) in [6.45, 7) is 15.2. The number of aliphatic hydroxyl groups excluding tert-OH is 6. The second-order valence-electron chi connectivity index (χ2n) is 24.5. The maximum absolute atomic E-state index is 13.6. The van der Waals surface area contributed by atoms with Crippen LogP contribution in [0.5, 0.6) is 0 Å². The van der Waals surface area contributed by atoms with Gasteiger partial charge in [0.05, 0.1) is 103 Å². The third-order valence-electron chi connectivity index (χ3n) is 15.0. The van der Waals surface area contributed by atoms with Crippen molar-refractivity contribution in [3.8, 4) is 33.8 Å². The topological polar surface area (TPSA) is 407 Å². The van der Waals surface area contributed by atoms with E-state index in [1.54, 1.807) is 30.4 Å². The zero-order valence-electron chi connectivity index (χ0n) is 62.3. The number of carbonyl (C=O) groups is 2. The molecule has 26 nitrogen and oxygen atoms in total. The number of aliphatic carboxylic acids is 1. The van der Waals surface area contributed by atoms with Gasteiger partial charge in [-0.1, -0.05) is 91.8 Å². The summed E-state index contributed by atoms with van der Waals surface area (Å²) < 4.78 is 121. The summed E-state index contributed by atoms with van der Waals surface area (Å²) in [6.07, 6.45) is 6.27. The fourth-order valence-corrected chi connectivity index (χ4v) is 10.4. The van der Waals surface area contributed by atoms with Crippen LogP contribution >= 0.6 is 0 Å². The van der Waals surface area contributed by atoms with E-state index in [9.17, 15) is 83.8 Å². The van der Waals surface area contributed by atoms with Crippen molar-refractivity contribution >= 4 is 116 Å². The molecule has 0 radical (unpaired) electrons. The Morgan fingerprint density at radius 2 is 0.736 bits per heavy atom. The number of anilines is 3. The molecule has 0 aliphatic carbocycles. The van der Waals surface area contributed by atoms with Gasteiger partial charge in [-0.05, 0) is 103 Å². The predicted octanol–water partition coefficient (Wildman–Crippen LogP) is -4.87. The number of carboxylic acids is 1. The Hall–Kier alpha value is -4.34. The van der Waals surface area contributed by atoms with E-state index in [4.69, 9.17) is 4.74 Å². The molecule has 0 saturated carbocycles. The second-order valence-corrected chi connectivity index (χ2v) is 30.6. The van der Waals surface area contributed by atoms with Gasteiger partial charge in [-0.25, -0.2) is 81.2 Å². The fourth-order valence-electron chi connectivity index (χ4n) is 9.27. The van der Waals surface area contributed by atoms with E-state index in [1.165, 1.54) is 100 Å². The van der Waals surface area contributed by atoms with Crippen molar-refractivity contribution < 1.29 is 178 Å². The van der Waals surface area contributed by atoms with Gasteiger partial charge in [0, 0.05) is 86.2 Å². The molecular weight excluding hydrogens is 1540 g/mol. The van der Waals surface area contributed by atoms with Crippen LogP contribution in [-0.4, -0.2) is 224 Å². The molecule has 0 amide bonds. The zero-order chi connectivity index (χ0) is 75.3. The molecule has 6 rings (SSSR count). The van der Waals surface area contributed by atoms with Gasteiger partial charge in [-0.3, -0.25) is 4.79 Å². The normalized spacial score (nSPS) is 13.2. The number of hydrogen-bond acceptors (Lipinski definition) is 23. The van der Waals surface area contributed by atoms with Crippen molar-refractivity contribution in [2.75, 3.05) is 59.4 Å². The number of ether oxygens (including phenoxy) is 1. The average Bonchev–Trinajstić information content (AvgIpc) is 0.794. The van der Waals surface area contributed by atoms with E-state index >= 15 is 0 Å². The van der Waals surface area contributed by atoms with Gasteiger partial charge in [-0.15, -0.1) is 0 Å². The number of esters is 1. The van der Waals surface area contributed by atoms with Crippen LogP contribution in [-0.2, 0) is 44.4 Å². The summed E-state index contributed by atoms with van der Waals surface area (Å²) in [4.78, 5) is 49.0. The van der Waals surface area contributed by atoms with Crippen LogP contribution in [0.25, 0.3) is 52.0 Å². The van der Waals surface area contributed by atoms with Crippen LogP contribution in [0.3, 0.4) is 0 Å². The molecular formula is C69H92CaCl2F3N9Na2O17S3. The zero-order valence-corrected chi connectivity index (χ0v) is 72.5. The molecule has 0 saturated heterocycles. The molecule has 0 unspecified atom stereocenters. The van der Waals surface area contributed by atoms with Gasteiger partial charge in [0.1, 0.15) is 17.5 Å². The molecule has 0 aliphatic heterocycles. The minimum Gasteiger partial charge on any atom is -1.00 e. The maximum Gasteiger partial charge on any atom is 2.00 e. The third-order valence-corrected chi connectivity index (χ3v) is 18.4. The minimum atomic E-state index is -3.66. The molecule has 3 heterocycles. The van der Waals surface area contributed by atoms with Crippen LogP contribution in [0, 0.1) is 17.5 Å². The van der Waals surface area contributed by atoms with E-state index in [2.05, 4.69) is 29.9 Å². The number of carboxylic acid groups (broad SMARTS) is 1. The molecule has 0 bridgehead atoms. The van der Waals surface area contributed by atoms with Crippen molar-refractivity contribution in [2.45, 2.75) is 155 Å².